The highest BCUT2D eigenvalue weighted by molar-refractivity contribution is 7.13. The molecule has 4 heterocycles. The Morgan fingerprint density at radius 1 is 1.39 bits per heavy atom. The van der Waals surface area contributed by atoms with Crippen LogP contribution in [0.1, 0.15) is 12.5 Å². The second-order valence-electron chi connectivity index (χ2n) is 5.26. The third kappa shape index (κ3) is 2.29. The summed E-state index contributed by atoms with van der Waals surface area (Å²) in [5.41, 5.74) is 0.718. The maximum absolute atomic E-state index is 12.6. The molecule has 0 unspecified atom stereocenters. The van der Waals surface area contributed by atoms with Crippen LogP contribution in [0.25, 0.3) is 10.8 Å². The first-order valence-electron chi connectivity index (χ1n) is 7.07. The maximum atomic E-state index is 12.6. The summed E-state index contributed by atoms with van der Waals surface area (Å²) < 4.78 is 7.96. The average Bonchev–Trinajstić information content (AvgIpc) is 3.26. The van der Waals surface area contributed by atoms with E-state index in [4.69, 9.17) is 4.42 Å². The Balaban J connectivity index is 1.64. The van der Waals surface area contributed by atoms with Crippen LogP contribution in [0.15, 0.2) is 39.1 Å². The summed E-state index contributed by atoms with van der Waals surface area (Å²) in [5, 5.41) is 10.1. The quantitative estimate of drug-likeness (QED) is 0.721. The van der Waals surface area contributed by atoms with Crippen molar-refractivity contribution in [3.8, 4) is 10.8 Å². The van der Waals surface area contributed by atoms with E-state index >= 15 is 0 Å². The van der Waals surface area contributed by atoms with Gasteiger partial charge in [0.1, 0.15) is 6.04 Å². The lowest BCUT2D eigenvalue weighted by atomic mass is 10.2. The normalized spacial score (nSPS) is 18.0. The van der Waals surface area contributed by atoms with Gasteiger partial charge in [-0.05, 0) is 17.9 Å². The molecule has 0 saturated carbocycles. The largest absolute Gasteiger partial charge is 0.438 e. The lowest BCUT2D eigenvalue weighted by Crippen LogP contribution is -2.31. The molecule has 1 saturated heterocycles. The molecule has 1 fully saturated rings. The summed E-state index contributed by atoms with van der Waals surface area (Å²) in [6.45, 7) is 0.517. The van der Waals surface area contributed by atoms with E-state index in [9.17, 15) is 9.59 Å². The summed E-state index contributed by atoms with van der Waals surface area (Å²) in [5.74, 6) is -0.538. The van der Waals surface area contributed by atoms with Gasteiger partial charge in [0.15, 0.2) is 0 Å². The molecule has 23 heavy (non-hydrogen) atoms. The Kier molecular flexibility index (Phi) is 3.15. The second-order valence-corrected chi connectivity index (χ2v) is 6.21. The Labute approximate surface area is 134 Å². The minimum atomic E-state index is -0.639. The van der Waals surface area contributed by atoms with Crippen molar-refractivity contribution >= 4 is 22.9 Å². The monoisotopic (exact) mass is 331 g/mol. The predicted molar refractivity (Wildman–Crippen MR) is 83.3 cm³/mol. The molecule has 3 aromatic rings. The molecule has 118 valence electrons. The molecule has 8 nitrogen and oxygen atoms in total. The van der Waals surface area contributed by atoms with Gasteiger partial charge in [0, 0.05) is 19.8 Å². The van der Waals surface area contributed by atoms with Gasteiger partial charge in [-0.3, -0.25) is 9.48 Å². The maximum Gasteiger partial charge on any atom is 0.438 e. The van der Waals surface area contributed by atoms with Crippen LogP contribution in [-0.4, -0.2) is 32.0 Å². The fraction of sp³-hybridized carbons (Fsp3) is 0.286. The number of hydrogen-bond acceptors (Lipinski definition) is 6. The van der Waals surface area contributed by atoms with Gasteiger partial charge < -0.3 is 9.32 Å². The Morgan fingerprint density at radius 3 is 2.96 bits per heavy atom. The van der Waals surface area contributed by atoms with Crippen molar-refractivity contribution < 1.29 is 9.21 Å². The highest BCUT2D eigenvalue weighted by Gasteiger charge is 2.37. The van der Waals surface area contributed by atoms with Crippen LogP contribution < -0.4 is 10.7 Å². The highest BCUT2D eigenvalue weighted by Crippen LogP contribution is 2.28. The van der Waals surface area contributed by atoms with E-state index in [2.05, 4.69) is 10.2 Å². The van der Waals surface area contributed by atoms with Crippen LogP contribution in [0.5, 0.6) is 0 Å². The molecule has 4 rings (SSSR count). The van der Waals surface area contributed by atoms with E-state index in [0.29, 0.717) is 13.0 Å². The van der Waals surface area contributed by atoms with E-state index in [1.807, 2.05) is 17.5 Å². The van der Waals surface area contributed by atoms with E-state index in [0.717, 1.165) is 15.2 Å². The van der Waals surface area contributed by atoms with Crippen LogP contribution in [-0.2, 0) is 11.8 Å². The molecule has 0 N–H and O–H groups in total. The summed E-state index contributed by atoms with van der Waals surface area (Å²) >= 11 is 1.43. The molecule has 0 aromatic carbocycles. The van der Waals surface area contributed by atoms with Crippen molar-refractivity contribution in [2.75, 3.05) is 11.4 Å². The molecule has 3 aromatic heterocycles. The summed E-state index contributed by atoms with van der Waals surface area (Å²) in [6.07, 6.45) is 3.90. The molecule has 0 spiro atoms. The molecule has 9 heteroatoms. The van der Waals surface area contributed by atoms with Gasteiger partial charge in [-0.25, -0.2) is 4.79 Å². The third-order valence-electron chi connectivity index (χ3n) is 3.78. The van der Waals surface area contributed by atoms with Gasteiger partial charge >= 0.3 is 5.76 Å². The van der Waals surface area contributed by atoms with Crippen molar-refractivity contribution in [3.05, 3.63) is 40.5 Å². The fourth-order valence-electron chi connectivity index (χ4n) is 2.68. The molecule has 0 bridgehead atoms. The first-order valence-corrected chi connectivity index (χ1v) is 7.95. The molecule has 0 aliphatic carbocycles. The molecule has 1 atom stereocenters. The number of aromatic nitrogens is 4. The van der Waals surface area contributed by atoms with E-state index < -0.39 is 11.8 Å². The minimum absolute atomic E-state index is 0.175. The number of rotatable bonds is 3. The van der Waals surface area contributed by atoms with Gasteiger partial charge in [-0.15, -0.1) is 16.4 Å². The highest BCUT2D eigenvalue weighted by atomic mass is 32.1. The molecular formula is C14H13N5O3S. The number of amides is 1. The van der Waals surface area contributed by atoms with E-state index in [1.54, 1.807) is 29.0 Å². The van der Waals surface area contributed by atoms with Crippen molar-refractivity contribution in [3.63, 3.8) is 0 Å². The van der Waals surface area contributed by atoms with Crippen LogP contribution >= 0.6 is 11.3 Å². The molecule has 1 aliphatic rings. The lowest BCUT2D eigenvalue weighted by Gasteiger charge is -2.13. The zero-order chi connectivity index (χ0) is 16.0. The second kappa shape index (κ2) is 5.20. The number of hydrogen-bond donors (Lipinski definition) is 0. The zero-order valence-electron chi connectivity index (χ0n) is 12.2. The van der Waals surface area contributed by atoms with E-state index in [-0.39, 0.29) is 11.8 Å². The predicted octanol–water partition coefficient (Wildman–Crippen LogP) is 1.28. The SMILES string of the molecule is Cn1cc(N2CC[C@H](n3nc(-c4cccs4)oc3=O)C2=O)cn1. The lowest BCUT2D eigenvalue weighted by molar-refractivity contribution is -0.120. The van der Waals surface area contributed by atoms with Crippen LogP contribution in [0.4, 0.5) is 5.69 Å². The van der Waals surface area contributed by atoms with Crippen molar-refractivity contribution in [1.29, 1.82) is 0 Å². The number of nitrogens with zero attached hydrogens (tertiary/aromatic N) is 5. The number of aryl methyl sites for hydroxylation is 1. The standard InChI is InChI=1S/C14H13N5O3S/c1-17-8-9(7-15-17)18-5-4-10(13(18)20)19-14(21)22-12(16-19)11-3-2-6-23-11/h2-3,6-8,10H,4-5H2,1H3/t10-/m0/s1. The smallest absolute Gasteiger partial charge is 0.387 e. The van der Waals surface area contributed by atoms with Crippen LogP contribution in [0.3, 0.4) is 0 Å². The summed E-state index contributed by atoms with van der Waals surface area (Å²) in [7, 11) is 1.79. The molecular weight excluding hydrogens is 318 g/mol. The topological polar surface area (TPSA) is 86.2 Å². The molecule has 1 amide bonds. The van der Waals surface area contributed by atoms with Gasteiger partial charge in [0.2, 0.25) is 0 Å². The Hall–Kier alpha value is -2.68. The average molecular weight is 331 g/mol. The van der Waals surface area contributed by atoms with Crippen LogP contribution in [0.2, 0.25) is 0 Å². The summed E-state index contributed by atoms with van der Waals surface area (Å²) in [6, 6.07) is 3.03. The zero-order valence-corrected chi connectivity index (χ0v) is 13.1. The Bertz CT molecular complexity index is 907. The molecule has 0 radical (unpaired) electrons. The first-order chi connectivity index (χ1) is 11.1. The number of carbonyl (C=O) groups is 1. The van der Waals surface area contributed by atoms with Gasteiger partial charge in [0.25, 0.3) is 11.8 Å². The summed E-state index contributed by atoms with van der Waals surface area (Å²) in [4.78, 5) is 27.1. The van der Waals surface area contributed by atoms with Crippen molar-refractivity contribution in [2.45, 2.75) is 12.5 Å². The minimum Gasteiger partial charge on any atom is -0.387 e. The first kappa shape index (κ1) is 13.9. The fourth-order valence-corrected chi connectivity index (χ4v) is 3.33. The van der Waals surface area contributed by atoms with Crippen LogP contribution in [0, 0.1) is 0 Å². The van der Waals surface area contributed by atoms with E-state index in [1.165, 1.54) is 11.3 Å². The van der Waals surface area contributed by atoms with Crippen molar-refractivity contribution in [1.82, 2.24) is 19.6 Å². The molecule has 1 aliphatic heterocycles. The third-order valence-corrected chi connectivity index (χ3v) is 4.63. The van der Waals surface area contributed by atoms with Crippen molar-refractivity contribution in [2.24, 2.45) is 7.05 Å². The van der Waals surface area contributed by atoms with Gasteiger partial charge in [-0.2, -0.15) is 9.78 Å². The number of anilines is 1. The van der Waals surface area contributed by atoms with Gasteiger partial charge in [0.05, 0.1) is 16.8 Å². The Morgan fingerprint density at radius 2 is 2.26 bits per heavy atom. The number of thiophene rings is 1. The van der Waals surface area contributed by atoms with Gasteiger partial charge in [-0.1, -0.05) is 6.07 Å². The number of carbonyl (C=O) groups excluding carboxylic acids is 1.